The Kier molecular flexibility index (Phi) is 7.54. The summed E-state index contributed by atoms with van der Waals surface area (Å²) in [6.45, 7) is 7.70. The van der Waals surface area contributed by atoms with Crippen molar-refractivity contribution >= 4 is 11.5 Å². The molecule has 3 N–H and O–H groups in total. The van der Waals surface area contributed by atoms with E-state index in [0.717, 1.165) is 36.8 Å². The Morgan fingerprint density at radius 2 is 2.04 bits per heavy atom. The van der Waals surface area contributed by atoms with Gasteiger partial charge in [0, 0.05) is 12.1 Å². The van der Waals surface area contributed by atoms with Gasteiger partial charge in [0.1, 0.15) is 5.78 Å². The molecule has 0 aliphatic heterocycles. The first-order valence-electron chi connectivity index (χ1n) is 9.59. The van der Waals surface area contributed by atoms with Crippen molar-refractivity contribution in [3.63, 3.8) is 0 Å². The highest BCUT2D eigenvalue weighted by Crippen LogP contribution is 2.31. The summed E-state index contributed by atoms with van der Waals surface area (Å²) in [5, 5.41) is 8.55. The lowest BCUT2D eigenvalue weighted by atomic mass is 9.80. The number of hydrogen-bond acceptors (Lipinski definition) is 3. The number of aryl methyl sites for hydroxylation is 2. The highest BCUT2D eigenvalue weighted by Gasteiger charge is 2.28. The van der Waals surface area contributed by atoms with Gasteiger partial charge in [-0.2, -0.15) is 0 Å². The second-order valence-corrected chi connectivity index (χ2v) is 7.06. The van der Waals surface area contributed by atoms with Crippen LogP contribution in [0.5, 0.6) is 0 Å². The molecule has 0 saturated carbocycles. The Bertz CT molecular complexity index is 794. The van der Waals surface area contributed by atoms with E-state index in [1.54, 1.807) is 6.08 Å². The largest absolute Gasteiger partial charge is 0.401 e. The van der Waals surface area contributed by atoms with Crippen LogP contribution in [0.2, 0.25) is 0 Å². The topological polar surface area (TPSA) is 66.9 Å². The van der Waals surface area contributed by atoms with Crippen LogP contribution in [-0.2, 0) is 11.2 Å². The van der Waals surface area contributed by atoms with Crippen LogP contribution in [0, 0.1) is 18.3 Å². The molecule has 0 fully saturated rings. The standard InChI is InChI=1S/C24H30N2O/c1-4-7-19(8-5-2)23(25)21-10-6-9-20(24(21)26)22(27)16-15-18-13-11-17(3)12-14-18/h4-5,7-8,11-14,20,25H,1,6,9-10,15-16,26H2,2-3H3/b8-5-,19-7+,25-23?. The van der Waals surface area contributed by atoms with Gasteiger partial charge in [-0.3, -0.25) is 10.2 Å². The lowest BCUT2D eigenvalue weighted by molar-refractivity contribution is -0.122. The quantitative estimate of drug-likeness (QED) is 0.492. The Morgan fingerprint density at radius 3 is 2.67 bits per heavy atom. The molecule has 1 aliphatic rings. The number of hydrogen-bond donors (Lipinski definition) is 2. The van der Waals surface area contributed by atoms with Gasteiger partial charge in [-0.05, 0) is 56.2 Å². The minimum absolute atomic E-state index is 0.179. The maximum Gasteiger partial charge on any atom is 0.142 e. The molecule has 0 saturated heterocycles. The summed E-state index contributed by atoms with van der Waals surface area (Å²) < 4.78 is 0. The number of rotatable bonds is 8. The van der Waals surface area contributed by atoms with Crippen molar-refractivity contribution in [2.24, 2.45) is 11.7 Å². The Hall–Kier alpha value is -2.68. The molecule has 1 aromatic rings. The van der Waals surface area contributed by atoms with E-state index in [4.69, 9.17) is 11.1 Å². The Morgan fingerprint density at radius 1 is 1.33 bits per heavy atom. The maximum atomic E-state index is 12.8. The minimum atomic E-state index is -0.268. The zero-order valence-corrected chi connectivity index (χ0v) is 16.4. The van der Waals surface area contributed by atoms with Crippen LogP contribution in [0.15, 0.2) is 72.0 Å². The summed E-state index contributed by atoms with van der Waals surface area (Å²) >= 11 is 0. The molecule has 3 heteroatoms. The Balaban J connectivity index is 2.14. The number of ketones is 1. The van der Waals surface area contributed by atoms with E-state index >= 15 is 0 Å². The van der Waals surface area contributed by atoms with Crippen LogP contribution in [0.25, 0.3) is 0 Å². The number of nitrogens with two attached hydrogens (primary N) is 1. The zero-order chi connectivity index (χ0) is 19.8. The van der Waals surface area contributed by atoms with Gasteiger partial charge in [0.05, 0.1) is 11.6 Å². The highest BCUT2D eigenvalue weighted by molar-refractivity contribution is 6.13. The summed E-state index contributed by atoms with van der Waals surface area (Å²) in [4.78, 5) is 12.8. The second kappa shape index (κ2) is 9.86. The summed E-state index contributed by atoms with van der Waals surface area (Å²) in [5.41, 5.74) is 11.3. The van der Waals surface area contributed by atoms with Crippen LogP contribution < -0.4 is 5.73 Å². The molecule has 1 atom stereocenters. The van der Waals surface area contributed by atoms with Crippen LogP contribution in [0.4, 0.5) is 0 Å². The number of carbonyl (C=O) groups excluding carboxylic acids is 1. The minimum Gasteiger partial charge on any atom is -0.401 e. The van der Waals surface area contributed by atoms with Gasteiger partial charge < -0.3 is 5.73 Å². The van der Waals surface area contributed by atoms with E-state index in [2.05, 4.69) is 37.8 Å². The predicted molar refractivity (Wildman–Crippen MR) is 114 cm³/mol. The van der Waals surface area contributed by atoms with Crippen LogP contribution in [-0.4, -0.2) is 11.5 Å². The first kappa shape index (κ1) is 20.6. The normalized spacial score (nSPS) is 18.0. The van der Waals surface area contributed by atoms with Crippen LogP contribution >= 0.6 is 0 Å². The van der Waals surface area contributed by atoms with E-state index in [9.17, 15) is 4.79 Å². The van der Waals surface area contributed by atoms with E-state index in [0.29, 0.717) is 17.8 Å². The third-order valence-corrected chi connectivity index (χ3v) is 5.05. The monoisotopic (exact) mass is 362 g/mol. The lowest BCUT2D eigenvalue weighted by Gasteiger charge is -2.26. The van der Waals surface area contributed by atoms with Crippen LogP contribution in [0.1, 0.15) is 43.7 Å². The van der Waals surface area contributed by atoms with E-state index < -0.39 is 0 Å². The molecule has 0 aromatic heterocycles. The molecule has 0 spiro atoms. The SMILES string of the molecule is C=C/C=C(\C=C/C)C(=N)C1=C(N)C(C(=O)CCc2ccc(C)cc2)CCC1. The Labute approximate surface area is 162 Å². The smallest absolute Gasteiger partial charge is 0.142 e. The first-order chi connectivity index (χ1) is 13.0. The summed E-state index contributed by atoms with van der Waals surface area (Å²) in [5.74, 6) is -0.0894. The number of benzene rings is 1. The molecule has 1 unspecified atom stereocenters. The van der Waals surface area contributed by atoms with Crippen molar-refractivity contribution in [2.45, 2.75) is 46.0 Å². The summed E-state index contributed by atoms with van der Waals surface area (Å²) in [6.07, 6.45) is 10.9. The third-order valence-electron chi connectivity index (χ3n) is 5.05. The van der Waals surface area contributed by atoms with Crippen molar-refractivity contribution in [3.8, 4) is 0 Å². The van der Waals surface area contributed by atoms with E-state index in [-0.39, 0.29) is 11.7 Å². The number of Topliss-reactive ketones (excluding diaryl/α,β-unsaturated/α-hetero) is 1. The molecule has 1 aromatic carbocycles. The molecule has 3 nitrogen and oxygen atoms in total. The summed E-state index contributed by atoms with van der Waals surface area (Å²) in [7, 11) is 0. The number of carbonyl (C=O) groups is 1. The lowest BCUT2D eigenvalue weighted by Crippen LogP contribution is -2.29. The van der Waals surface area contributed by atoms with Crippen molar-refractivity contribution in [1.82, 2.24) is 0 Å². The molecule has 142 valence electrons. The molecular weight excluding hydrogens is 332 g/mol. The molecule has 27 heavy (non-hydrogen) atoms. The van der Waals surface area contributed by atoms with Crippen molar-refractivity contribution < 1.29 is 4.79 Å². The zero-order valence-electron chi connectivity index (χ0n) is 16.4. The molecule has 1 aliphatic carbocycles. The van der Waals surface area contributed by atoms with Crippen molar-refractivity contribution in [2.75, 3.05) is 0 Å². The molecule has 0 amide bonds. The molecule has 0 bridgehead atoms. The van der Waals surface area contributed by atoms with Gasteiger partial charge in [-0.1, -0.05) is 60.7 Å². The van der Waals surface area contributed by atoms with E-state index in [1.807, 2.05) is 25.2 Å². The molecular formula is C24H30N2O. The average molecular weight is 363 g/mol. The predicted octanol–water partition coefficient (Wildman–Crippen LogP) is 5.22. The second-order valence-electron chi connectivity index (χ2n) is 7.06. The fourth-order valence-corrected chi connectivity index (χ4v) is 3.50. The molecule has 0 radical (unpaired) electrons. The fourth-order valence-electron chi connectivity index (χ4n) is 3.50. The van der Waals surface area contributed by atoms with Crippen LogP contribution in [0.3, 0.4) is 0 Å². The van der Waals surface area contributed by atoms with Gasteiger partial charge in [0.15, 0.2) is 0 Å². The maximum absolute atomic E-state index is 12.8. The highest BCUT2D eigenvalue weighted by atomic mass is 16.1. The van der Waals surface area contributed by atoms with Gasteiger partial charge in [-0.25, -0.2) is 0 Å². The summed E-state index contributed by atoms with van der Waals surface area (Å²) in [6, 6.07) is 8.30. The fraction of sp³-hybridized carbons (Fsp3) is 0.333. The number of allylic oxidation sites excluding steroid dienone is 7. The third kappa shape index (κ3) is 5.40. The number of nitrogens with one attached hydrogen (secondary N) is 1. The first-order valence-corrected chi connectivity index (χ1v) is 9.59. The van der Waals surface area contributed by atoms with Crippen molar-refractivity contribution in [1.29, 1.82) is 5.41 Å². The van der Waals surface area contributed by atoms with Gasteiger partial charge in [-0.15, -0.1) is 0 Å². The van der Waals surface area contributed by atoms with Gasteiger partial charge >= 0.3 is 0 Å². The molecule has 2 rings (SSSR count). The van der Waals surface area contributed by atoms with Gasteiger partial charge in [0.2, 0.25) is 0 Å². The van der Waals surface area contributed by atoms with E-state index in [1.165, 1.54) is 11.1 Å². The molecule has 0 heterocycles. The van der Waals surface area contributed by atoms with Gasteiger partial charge in [0.25, 0.3) is 0 Å². The average Bonchev–Trinajstić information content (AvgIpc) is 2.67. The van der Waals surface area contributed by atoms with Crippen molar-refractivity contribution in [3.05, 3.63) is 83.1 Å².